The van der Waals surface area contributed by atoms with Gasteiger partial charge >= 0.3 is 0 Å². The Balaban J connectivity index is 0.00000300. The maximum Gasteiger partial charge on any atom is 0.251 e. The molecule has 29 heavy (non-hydrogen) atoms. The molecule has 0 fully saturated rings. The fourth-order valence-electron chi connectivity index (χ4n) is 3.03. The normalized spacial score (nSPS) is 11.2. The molecule has 0 aromatic heterocycles. The number of nitrogens with one attached hydrogen (secondary N) is 1. The zero-order valence-electron chi connectivity index (χ0n) is 16.2. The predicted molar refractivity (Wildman–Crippen MR) is 118 cm³/mol. The Hall–Kier alpha value is -3.02. The summed E-state index contributed by atoms with van der Waals surface area (Å²) < 4.78 is 5.56. The van der Waals surface area contributed by atoms with Crippen molar-refractivity contribution in [3.05, 3.63) is 83.9 Å². The van der Waals surface area contributed by atoms with Crippen molar-refractivity contribution in [3.8, 4) is 22.6 Å². The summed E-state index contributed by atoms with van der Waals surface area (Å²) in [6.07, 6.45) is 0. The Morgan fingerprint density at radius 3 is 2.41 bits per heavy atom. The molecule has 3 rings (SSSR count). The molecule has 0 bridgehead atoms. The molecular weight excluding hydrogens is 388 g/mol. The molecule has 3 aromatic carbocycles. The topological polar surface area (TPSA) is 84.6 Å². The van der Waals surface area contributed by atoms with E-state index >= 15 is 0 Å². The summed E-state index contributed by atoms with van der Waals surface area (Å²) in [5.41, 5.74) is 9.04. The zero-order valence-corrected chi connectivity index (χ0v) is 17.0. The molecule has 5 nitrogen and oxygen atoms in total. The van der Waals surface area contributed by atoms with Crippen LogP contribution in [0.2, 0.25) is 0 Å². The fourth-order valence-corrected chi connectivity index (χ4v) is 3.03. The molecule has 0 aliphatic rings. The number of halogens is 1. The summed E-state index contributed by atoms with van der Waals surface area (Å²) in [7, 11) is 0. The van der Waals surface area contributed by atoms with E-state index in [1.54, 1.807) is 24.3 Å². The van der Waals surface area contributed by atoms with Crippen LogP contribution in [0.25, 0.3) is 11.1 Å². The van der Waals surface area contributed by atoms with Crippen molar-refractivity contribution in [3.63, 3.8) is 0 Å². The summed E-state index contributed by atoms with van der Waals surface area (Å²) in [6, 6.07) is 21.5. The van der Waals surface area contributed by atoms with Crippen LogP contribution in [0.3, 0.4) is 0 Å². The number of rotatable bonds is 7. The Bertz CT molecular complexity index is 962. The Morgan fingerprint density at radius 1 is 1.03 bits per heavy atom. The SMILES string of the molecule is CCOc1cccc(-c2cccc(C(=O)NC(CN)c3cccc(O)c3)c2)c1.Cl. The van der Waals surface area contributed by atoms with E-state index in [0.29, 0.717) is 12.2 Å². The number of aromatic hydroxyl groups is 1. The average Bonchev–Trinajstić information content (AvgIpc) is 2.72. The van der Waals surface area contributed by atoms with Gasteiger partial charge in [-0.3, -0.25) is 4.79 Å². The van der Waals surface area contributed by atoms with Crippen LogP contribution in [0.15, 0.2) is 72.8 Å². The van der Waals surface area contributed by atoms with Crippen molar-refractivity contribution in [2.24, 2.45) is 5.73 Å². The lowest BCUT2D eigenvalue weighted by Gasteiger charge is -2.18. The van der Waals surface area contributed by atoms with Gasteiger partial charge in [0, 0.05) is 12.1 Å². The summed E-state index contributed by atoms with van der Waals surface area (Å²) in [5, 5.41) is 12.6. The minimum atomic E-state index is -0.385. The van der Waals surface area contributed by atoms with Crippen molar-refractivity contribution in [2.45, 2.75) is 13.0 Å². The first-order valence-electron chi connectivity index (χ1n) is 9.24. The van der Waals surface area contributed by atoms with Crippen molar-refractivity contribution >= 4 is 18.3 Å². The Labute approximate surface area is 176 Å². The van der Waals surface area contributed by atoms with Crippen LogP contribution in [-0.4, -0.2) is 24.2 Å². The number of phenolic OH excluding ortho intramolecular Hbond substituents is 1. The van der Waals surface area contributed by atoms with Crippen LogP contribution >= 0.6 is 12.4 Å². The predicted octanol–water partition coefficient (Wildman–Crippen LogP) is 4.31. The van der Waals surface area contributed by atoms with Gasteiger partial charge < -0.3 is 20.9 Å². The van der Waals surface area contributed by atoms with E-state index in [4.69, 9.17) is 10.5 Å². The number of nitrogens with two attached hydrogens (primary N) is 1. The maximum atomic E-state index is 12.8. The first-order valence-corrected chi connectivity index (χ1v) is 9.24. The van der Waals surface area contributed by atoms with Crippen molar-refractivity contribution < 1.29 is 14.6 Å². The van der Waals surface area contributed by atoms with E-state index in [-0.39, 0.29) is 36.7 Å². The number of phenols is 1. The summed E-state index contributed by atoms with van der Waals surface area (Å²) in [5.74, 6) is 0.713. The third kappa shape index (κ3) is 5.73. The van der Waals surface area contributed by atoms with Crippen LogP contribution in [0.1, 0.15) is 28.9 Å². The van der Waals surface area contributed by atoms with Gasteiger partial charge in [-0.05, 0) is 60.0 Å². The fraction of sp³-hybridized carbons (Fsp3) is 0.174. The van der Waals surface area contributed by atoms with E-state index in [1.807, 2.05) is 55.5 Å². The molecule has 0 saturated heterocycles. The van der Waals surface area contributed by atoms with E-state index in [0.717, 1.165) is 22.4 Å². The highest BCUT2D eigenvalue weighted by Crippen LogP contribution is 2.25. The highest BCUT2D eigenvalue weighted by Gasteiger charge is 2.15. The molecule has 0 heterocycles. The largest absolute Gasteiger partial charge is 0.508 e. The summed E-state index contributed by atoms with van der Waals surface area (Å²) in [4.78, 5) is 12.8. The number of ether oxygens (including phenoxy) is 1. The molecule has 1 atom stereocenters. The Morgan fingerprint density at radius 2 is 1.72 bits per heavy atom. The zero-order chi connectivity index (χ0) is 19.9. The van der Waals surface area contributed by atoms with Gasteiger partial charge in [0.2, 0.25) is 0 Å². The molecule has 0 saturated carbocycles. The standard InChI is InChI=1S/C23H24N2O3.ClH/c1-2-28-21-11-5-7-17(14-21)16-6-3-9-19(12-16)23(27)25-22(15-24)18-8-4-10-20(26)13-18;/h3-14,22,26H,2,15,24H2,1H3,(H,25,27);1H. The second kappa shape index (κ2) is 10.5. The molecule has 4 N–H and O–H groups in total. The van der Waals surface area contributed by atoms with Gasteiger partial charge in [0.15, 0.2) is 0 Å². The average molecular weight is 413 g/mol. The van der Waals surface area contributed by atoms with Gasteiger partial charge in [0.25, 0.3) is 5.91 Å². The number of amides is 1. The van der Waals surface area contributed by atoms with E-state index in [1.165, 1.54) is 0 Å². The van der Waals surface area contributed by atoms with Gasteiger partial charge in [-0.25, -0.2) is 0 Å². The number of benzene rings is 3. The second-order valence-corrected chi connectivity index (χ2v) is 6.40. The van der Waals surface area contributed by atoms with Crippen LogP contribution in [0.5, 0.6) is 11.5 Å². The van der Waals surface area contributed by atoms with Crippen molar-refractivity contribution in [2.75, 3.05) is 13.2 Å². The number of carbonyl (C=O) groups is 1. The van der Waals surface area contributed by atoms with Crippen LogP contribution < -0.4 is 15.8 Å². The molecule has 0 spiro atoms. The van der Waals surface area contributed by atoms with Crippen LogP contribution in [-0.2, 0) is 0 Å². The van der Waals surface area contributed by atoms with Gasteiger partial charge in [0.1, 0.15) is 11.5 Å². The quantitative estimate of drug-likeness (QED) is 0.539. The molecule has 1 amide bonds. The monoisotopic (exact) mass is 412 g/mol. The highest BCUT2D eigenvalue weighted by molar-refractivity contribution is 5.95. The molecule has 1 unspecified atom stereocenters. The van der Waals surface area contributed by atoms with Gasteiger partial charge in [-0.2, -0.15) is 0 Å². The minimum absolute atomic E-state index is 0. The second-order valence-electron chi connectivity index (χ2n) is 6.40. The molecule has 0 aliphatic carbocycles. The Kier molecular flexibility index (Phi) is 8.07. The maximum absolute atomic E-state index is 12.8. The minimum Gasteiger partial charge on any atom is -0.508 e. The molecule has 0 radical (unpaired) electrons. The van der Waals surface area contributed by atoms with Crippen LogP contribution in [0.4, 0.5) is 0 Å². The van der Waals surface area contributed by atoms with E-state index in [2.05, 4.69) is 5.32 Å². The lowest BCUT2D eigenvalue weighted by molar-refractivity contribution is 0.0937. The third-order valence-electron chi connectivity index (χ3n) is 4.42. The van der Waals surface area contributed by atoms with Gasteiger partial charge in [0.05, 0.1) is 12.6 Å². The van der Waals surface area contributed by atoms with Crippen molar-refractivity contribution in [1.82, 2.24) is 5.32 Å². The number of hydrogen-bond acceptors (Lipinski definition) is 4. The summed E-state index contributed by atoms with van der Waals surface area (Å²) in [6.45, 7) is 2.77. The molecule has 152 valence electrons. The number of hydrogen-bond donors (Lipinski definition) is 3. The molecule has 3 aromatic rings. The lowest BCUT2D eigenvalue weighted by Crippen LogP contribution is -2.33. The first-order chi connectivity index (χ1) is 13.6. The molecule has 6 heteroatoms. The lowest BCUT2D eigenvalue weighted by atomic mass is 10.0. The van der Waals surface area contributed by atoms with E-state index < -0.39 is 0 Å². The molecule has 0 aliphatic heterocycles. The summed E-state index contributed by atoms with van der Waals surface area (Å²) >= 11 is 0. The number of carbonyl (C=O) groups excluding carboxylic acids is 1. The highest BCUT2D eigenvalue weighted by atomic mass is 35.5. The van der Waals surface area contributed by atoms with E-state index in [9.17, 15) is 9.90 Å². The van der Waals surface area contributed by atoms with Crippen LogP contribution in [0, 0.1) is 0 Å². The third-order valence-corrected chi connectivity index (χ3v) is 4.42. The van der Waals surface area contributed by atoms with Gasteiger partial charge in [-0.15, -0.1) is 12.4 Å². The van der Waals surface area contributed by atoms with Gasteiger partial charge in [-0.1, -0.05) is 36.4 Å². The molecular formula is C23H25ClN2O3. The smallest absolute Gasteiger partial charge is 0.251 e. The van der Waals surface area contributed by atoms with Crippen molar-refractivity contribution in [1.29, 1.82) is 0 Å². The first kappa shape index (κ1) is 22.3.